The van der Waals surface area contributed by atoms with Gasteiger partial charge in [0.1, 0.15) is 0 Å². The van der Waals surface area contributed by atoms with Crippen LogP contribution in [-0.2, 0) is 11.2 Å². The third-order valence-corrected chi connectivity index (χ3v) is 2.81. The molecule has 0 saturated heterocycles. The highest BCUT2D eigenvalue weighted by molar-refractivity contribution is 9.10. The van der Waals surface area contributed by atoms with Crippen molar-refractivity contribution in [1.29, 1.82) is 0 Å². The lowest BCUT2D eigenvalue weighted by atomic mass is 10.1. The fourth-order valence-corrected chi connectivity index (χ4v) is 1.88. The summed E-state index contributed by atoms with van der Waals surface area (Å²) in [6, 6.07) is 5.88. The van der Waals surface area contributed by atoms with Crippen molar-refractivity contribution in [2.24, 2.45) is 0 Å². The van der Waals surface area contributed by atoms with Gasteiger partial charge in [0, 0.05) is 17.6 Å². The molecule has 2 N–H and O–H groups in total. The molecule has 0 fully saturated rings. The fraction of sp³-hybridized carbons (Fsp3) is 0.417. The minimum absolute atomic E-state index is 0.00104. The molecule has 1 aromatic rings. The Balaban J connectivity index is 2.49. The number of aliphatic hydroxyl groups is 1. The van der Waals surface area contributed by atoms with E-state index >= 15 is 0 Å². The molecule has 1 aromatic carbocycles. The van der Waals surface area contributed by atoms with Crippen molar-refractivity contribution in [3.8, 4) is 0 Å². The van der Waals surface area contributed by atoms with E-state index in [1.165, 1.54) is 0 Å². The van der Waals surface area contributed by atoms with Crippen LogP contribution in [0.5, 0.6) is 0 Å². The maximum Gasteiger partial charge on any atom is 0.224 e. The van der Waals surface area contributed by atoms with E-state index in [1.54, 1.807) is 0 Å². The lowest BCUT2D eigenvalue weighted by Crippen LogP contribution is -2.26. The molecule has 1 rings (SSSR count). The quantitative estimate of drug-likeness (QED) is 0.811. The van der Waals surface area contributed by atoms with Gasteiger partial charge in [-0.15, -0.1) is 0 Å². The molecule has 1 amide bonds. The van der Waals surface area contributed by atoms with Gasteiger partial charge in [0.05, 0.1) is 6.42 Å². The summed E-state index contributed by atoms with van der Waals surface area (Å²) in [6.07, 6.45) is 0.996. The Morgan fingerprint density at radius 1 is 1.50 bits per heavy atom. The number of aryl methyl sites for hydroxylation is 1. The third-order valence-electron chi connectivity index (χ3n) is 2.31. The number of nitrogens with one attached hydrogen (secondary N) is 1. The van der Waals surface area contributed by atoms with E-state index in [0.29, 0.717) is 19.4 Å². The maximum atomic E-state index is 11.5. The lowest BCUT2D eigenvalue weighted by molar-refractivity contribution is -0.120. The van der Waals surface area contributed by atoms with Crippen LogP contribution in [0.4, 0.5) is 0 Å². The molecule has 0 unspecified atom stereocenters. The van der Waals surface area contributed by atoms with Gasteiger partial charge in [-0.05, 0) is 36.6 Å². The molecule has 0 aliphatic rings. The molecule has 0 spiro atoms. The van der Waals surface area contributed by atoms with Crippen LogP contribution in [0.15, 0.2) is 22.7 Å². The topological polar surface area (TPSA) is 49.3 Å². The molecule has 0 aliphatic carbocycles. The fourth-order valence-electron chi connectivity index (χ4n) is 1.40. The van der Waals surface area contributed by atoms with Crippen LogP contribution < -0.4 is 5.32 Å². The monoisotopic (exact) mass is 285 g/mol. The van der Waals surface area contributed by atoms with Crippen LogP contribution in [0, 0.1) is 6.92 Å². The Morgan fingerprint density at radius 3 is 2.88 bits per heavy atom. The molecule has 0 aromatic heterocycles. The second kappa shape index (κ2) is 6.66. The summed E-state index contributed by atoms with van der Waals surface area (Å²) >= 11 is 3.39. The standard InChI is InChI=1S/C12H16BrNO2/c1-9-7-11(13)4-3-10(9)8-12(16)14-5-2-6-15/h3-4,7,15H,2,5-6,8H2,1H3,(H,14,16). The molecule has 88 valence electrons. The second-order valence-electron chi connectivity index (χ2n) is 3.67. The predicted molar refractivity (Wildman–Crippen MR) is 67.3 cm³/mol. The van der Waals surface area contributed by atoms with Gasteiger partial charge in [-0.1, -0.05) is 22.0 Å². The first-order valence-corrected chi connectivity index (χ1v) is 6.05. The Bertz CT molecular complexity index is 366. The Kier molecular flexibility index (Phi) is 5.49. The molecule has 0 aliphatic heterocycles. The average Bonchev–Trinajstić information content (AvgIpc) is 2.23. The zero-order valence-electron chi connectivity index (χ0n) is 9.29. The van der Waals surface area contributed by atoms with Gasteiger partial charge >= 0.3 is 0 Å². The number of carbonyl (C=O) groups is 1. The normalized spacial score (nSPS) is 10.2. The van der Waals surface area contributed by atoms with Crippen molar-refractivity contribution < 1.29 is 9.90 Å². The number of carbonyl (C=O) groups excluding carboxylic acids is 1. The first-order valence-electron chi connectivity index (χ1n) is 5.26. The van der Waals surface area contributed by atoms with Gasteiger partial charge in [-0.2, -0.15) is 0 Å². The van der Waals surface area contributed by atoms with E-state index in [2.05, 4.69) is 21.2 Å². The summed E-state index contributed by atoms with van der Waals surface area (Å²) in [5.41, 5.74) is 2.14. The van der Waals surface area contributed by atoms with Crippen LogP contribution in [0.25, 0.3) is 0 Å². The number of hydrogen-bond acceptors (Lipinski definition) is 2. The van der Waals surface area contributed by atoms with Gasteiger partial charge in [0.2, 0.25) is 5.91 Å². The van der Waals surface area contributed by atoms with E-state index in [9.17, 15) is 4.79 Å². The molecule has 3 nitrogen and oxygen atoms in total. The van der Waals surface area contributed by atoms with E-state index in [-0.39, 0.29) is 12.5 Å². The SMILES string of the molecule is Cc1cc(Br)ccc1CC(=O)NCCCO. The highest BCUT2D eigenvalue weighted by Gasteiger charge is 2.05. The minimum atomic E-state index is -0.00104. The van der Waals surface area contributed by atoms with E-state index in [0.717, 1.165) is 15.6 Å². The molecule has 0 saturated carbocycles. The van der Waals surface area contributed by atoms with Crippen molar-refractivity contribution in [3.05, 3.63) is 33.8 Å². The molecule has 0 heterocycles. The zero-order chi connectivity index (χ0) is 12.0. The van der Waals surface area contributed by atoms with E-state index in [1.807, 2.05) is 25.1 Å². The minimum Gasteiger partial charge on any atom is -0.396 e. The number of halogens is 1. The number of aliphatic hydroxyl groups excluding tert-OH is 1. The highest BCUT2D eigenvalue weighted by atomic mass is 79.9. The van der Waals surface area contributed by atoms with Crippen molar-refractivity contribution in [1.82, 2.24) is 5.32 Å². The Hall–Kier alpha value is -0.870. The molecule has 0 atom stereocenters. The van der Waals surface area contributed by atoms with Crippen molar-refractivity contribution in [2.45, 2.75) is 19.8 Å². The number of amides is 1. The summed E-state index contributed by atoms with van der Waals surface area (Å²) in [6.45, 7) is 2.63. The Labute approximate surface area is 104 Å². The lowest BCUT2D eigenvalue weighted by Gasteiger charge is -2.07. The third kappa shape index (κ3) is 4.33. The van der Waals surface area contributed by atoms with Gasteiger partial charge in [0.25, 0.3) is 0 Å². The number of hydrogen-bond donors (Lipinski definition) is 2. The van der Waals surface area contributed by atoms with Crippen LogP contribution in [-0.4, -0.2) is 24.2 Å². The van der Waals surface area contributed by atoms with Gasteiger partial charge in [0.15, 0.2) is 0 Å². The van der Waals surface area contributed by atoms with Crippen LogP contribution >= 0.6 is 15.9 Å². The molecule has 16 heavy (non-hydrogen) atoms. The molecule has 4 heteroatoms. The summed E-state index contributed by atoms with van der Waals surface area (Å²) in [7, 11) is 0. The summed E-state index contributed by atoms with van der Waals surface area (Å²) in [4.78, 5) is 11.5. The summed E-state index contributed by atoms with van der Waals surface area (Å²) < 4.78 is 1.02. The smallest absolute Gasteiger partial charge is 0.224 e. The van der Waals surface area contributed by atoms with Crippen molar-refractivity contribution in [3.63, 3.8) is 0 Å². The molecule has 0 radical (unpaired) electrons. The Morgan fingerprint density at radius 2 is 2.25 bits per heavy atom. The maximum absolute atomic E-state index is 11.5. The first kappa shape index (κ1) is 13.2. The van der Waals surface area contributed by atoms with Crippen LogP contribution in [0.2, 0.25) is 0 Å². The molecular formula is C12H16BrNO2. The van der Waals surface area contributed by atoms with Crippen LogP contribution in [0.3, 0.4) is 0 Å². The second-order valence-corrected chi connectivity index (χ2v) is 4.59. The largest absolute Gasteiger partial charge is 0.396 e. The number of benzene rings is 1. The molecular weight excluding hydrogens is 270 g/mol. The predicted octanol–water partition coefficient (Wildman–Crippen LogP) is 1.80. The zero-order valence-corrected chi connectivity index (χ0v) is 10.9. The van der Waals surface area contributed by atoms with Gasteiger partial charge in [-0.3, -0.25) is 4.79 Å². The summed E-state index contributed by atoms with van der Waals surface area (Å²) in [5.74, 6) is -0.00104. The highest BCUT2D eigenvalue weighted by Crippen LogP contribution is 2.16. The van der Waals surface area contributed by atoms with Crippen LogP contribution in [0.1, 0.15) is 17.5 Å². The van der Waals surface area contributed by atoms with E-state index in [4.69, 9.17) is 5.11 Å². The van der Waals surface area contributed by atoms with Gasteiger partial charge in [-0.25, -0.2) is 0 Å². The van der Waals surface area contributed by atoms with Gasteiger partial charge < -0.3 is 10.4 Å². The van der Waals surface area contributed by atoms with Crippen molar-refractivity contribution >= 4 is 21.8 Å². The summed E-state index contributed by atoms with van der Waals surface area (Å²) in [5, 5.41) is 11.4. The first-order chi connectivity index (χ1) is 7.63. The van der Waals surface area contributed by atoms with E-state index < -0.39 is 0 Å². The molecule has 0 bridgehead atoms. The number of rotatable bonds is 5. The van der Waals surface area contributed by atoms with Crippen molar-refractivity contribution in [2.75, 3.05) is 13.2 Å². The average molecular weight is 286 g/mol.